The molecule has 1 aliphatic heterocycles. The van der Waals surface area contributed by atoms with Gasteiger partial charge in [0.05, 0.1) is 17.9 Å². The van der Waals surface area contributed by atoms with E-state index in [0.29, 0.717) is 17.7 Å². The Hall–Kier alpha value is -1.93. The largest absolute Gasteiger partial charge is 0.466 e. The molecule has 0 spiro atoms. The molecule has 0 bridgehead atoms. The van der Waals surface area contributed by atoms with E-state index in [2.05, 4.69) is 4.74 Å². The number of carbonyl (C=O) groups excluding carboxylic acids is 2. The van der Waals surface area contributed by atoms with E-state index in [9.17, 15) is 18.0 Å². The zero-order valence-electron chi connectivity index (χ0n) is 17.4. The molecule has 2 rings (SSSR count). The average molecular weight is 412 g/mol. The number of rotatable bonds is 5. The quantitative estimate of drug-likeness (QED) is 0.691. The van der Waals surface area contributed by atoms with Crippen molar-refractivity contribution in [3.63, 3.8) is 0 Å². The van der Waals surface area contributed by atoms with Crippen LogP contribution in [0.4, 0.5) is 0 Å². The summed E-state index contributed by atoms with van der Waals surface area (Å²) in [7, 11) is -2.42. The van der Waals surface area contributed by atoms with E-state index in [1.165, 1.54) is 18.3 Å². The van der Waals surface area contributed by atoms with Gasteiger partial charge in [0, 0.05) is 13.1 Å². The lowest BCUT2D eigenvalue weighted by Gasteiger charge is -2.31. The fraction of sp³-hybridized carbons (Fsp3) is 0.600. The number of sulfonamides is 1. The first-order valence-corrected chi connectivity index (χ1v) is 10.8. The number of aryl methyl sites for hydroxylation is 2. The molecular formula is C20H29NO6S. The number of hydrogen-bond donors (Lipinski definition) is 0. The molecular weight excluding hydrogens is 382 g/mol. The average Bonchev–Trinajstić information content (AvgIpc) is 2.65. The zero-order valence-corrected chi connectivity index (χ0v) is 18.2. The first-order valence-electron chi connectivity index (χ1n) is 9.36. The van der Waals surface area contributed by atoms with Crippen molar-refractivity contribution in [2.45, 2.75) is 58.5 Å². The van der Waals surface area contributed by atoms with Crippen LogP contribution in [0.3, 0.4) is 0 Å². The van der Waals surface area contributed by atoms with Crippen LogP contribution in [0, 0.1) is 33.6 Å². The molecule has 1 fully saturated rings. The topological polar surface area (TPSA) is 90.0 Å². The van der Waals surface area contributed by atoms with E-state index >= 15 is 0 Å². The number of piperidine rings is 1. The van der Waals surface area contributed by atoms with Gasteiger partial charge in [0.25, 0.3) is 0 Å². The van der Waals surface area contributed by atoms with Crippen LogP contribution in [-0.2, 0) is 29.1 Å². The first-order chi connectivity index (χ1) is 13.0. The van der Waals surface area contributed by atoms with Crippen LogP contribution in [0.5, 0.6) is 0 Å². The number of ether oxygens (including phenoxy) is 2. The second-order valence-electron chi connectivity index (χ2n) is 7.37. The Morgan fingerprint density at radius 2 is 1.57 bits per heavy atom. The van der Waals surface area contributed by atoms with E-state index in [-0.39, 0.29) is 13.1 Å². The Morgan fingerprint density at radius 1 is 1.07 bits per heavy atom. The second-order valence-corrected chi connectivity index (χ2v) is 9.24. The van der Waals surface area contributed by atoms with Crippen molar-refractivity contribution in [2.75, 3.05) is 20.2 Å². The van der Waals surface area contributed by atoms with E-state index in [4.69, 9.17) is 4.74 Å². The van der Waals surface area contributed by atoms with Gasteiger partial charge >= 0.3 is 11.9 Å². The maximum absolute atomic E-state index is 13.3. The monoisotopic (exact) mass is 411 g/mol. The highest BCUT2D eigenvalue weighted by Crippen LogP contribution is 2.31. The Bertz CT molecular complexity index is 843. The summed E-state index contributed by atoms with van der Waals surface area (Å²) in [6.07, 6.45) is -0.260. The highest BCUT2D eigenvalue weighted by atomic mass is 32.2. The molecule has 8 heteroatoms. The molecule has 7 nitrogen and oxygen atoms in total. The minimum Gasteiger partial charge on any atom is -0.466 e. The molecule has 0 aliphatic carbocycles. The van der Waals surface area contributed by atoms with Gasteiger partial charge < -0.3 is 9.47 Å². The Kier molecular flexibility index (Phi) is 6.88. The fourth-order valence-electron chi connectivity index (χ4n) is 3.51. The van der Waals surface area contributed by atoms with Crippen LogP contribution in [0.1, 0.15) is 42.0 Å². The summed E-state index contributed by atoms with van der Waals surface area (Å²) in [6.45, 7) is 9.40. The molecule has 28 heavy (non-hydrogen) atoms. The van der Waals surface area contributed by atoms with E-state index in [1.54, 1.807) is 0 Å². The molecule has 1 atom stereocenters. The predicted octanol–water partition coefficient (Wildman–Crippen LogP) is 2.43. The molecule has 1 aromatic rings. The summed E-state index contributed by atoms with van der Waals surface area (Å²) in [6, 6.07) is 1.99. The van der Waals surface area contributed by atoms with E-state index in [0.717, 1.165) is 22.3 Å². The highest BCUT2D eigenvalue weighted by molar-refractivity contribution is 7.89. The van der Waals surface area contributed by atoms with E-state index in [1.807, 2.05) is 33.8 Å². The van der Waals surface area contributed by atoms with Crippen molar-refractivity contribution < 1.29 is 27.5 Å². The van der Waals surface area contributed by atoms with Crippen molar-refractivity contribution in [1.29, 1.82) is 0 Å². The molecule has 1 aliphatic rings. The predicted molar refractivity (Wildman–Crippen MR) is 104 cm³/mol. The summed E-state index contributed by atoms with van der Waals surface area (Å²) in [4.78, 5) is 24.0. The highest BCUT2D eigenvalue weighted by Gasteiger charge is 2.35. The van der Waals surface area contributed by atoms with Crippen LogP contribution < -0.4 is 0 Å². The van der Waals surface area contributed by atoms with Gasteiger partial charge in [-0.3, -0.25) is 4.79 Å². The van der Waals surface area contributed by atoms with Gasteiger partial charge in [-0.1, -0.05) is 6.07 Å². The Morgan fingerprint density at radius 3 is 2.04 bits per heavy atom. The van der Waals surface area contributed by atoms with Gasteiger partial charge in [-0.25, -0.2) is 13.2 Å². The van der Waals surface area contributed by atoms with Crippen LogP contribution >= 0.6 is 0 Å². The maximum atomic E-state index is 13.3. The number of esters is 2. The Labute approximate surface area is 167 Å². The summed E-state index contributed by atoms with van der Waals surface area (Å²) >= 11 is 0. The third-order valence-corrected chi connectivity index (χ3v) is 7.68. The fourth-order valence-corrected chi connectivity index (χ4v) is 5.56. The standard InChI is InChI=1S/C20H29NO6S/c1-12-11-13(2)15(4)18(14(12)3)28(24,25)21-9-7-17(8-10-21)20(23)27-16(5)19(22)26-6/h11,16-17H,7-10H2,1-6H3. The van der Waals surface area contributed by atoms with Gasteiger partial charge in [0.15, 0.2) is 6.10 Å². The third-order valence-electron chi connectivity index (χ3n) is 5.51. The minimum atomic E-state index is -3.65. The summed E-state index contributed by atoms with van der Waals surface area (Å²) in [5, 5.41) is 0. The number of methoxy groups -OCH3 is 1. The van der Waals surface area contributed by atoms with Crippen LogP contribution in [0.15, 0.2) is 11.0 Å². The van der Waals surface area contributed by atoms with Gasteiger partial charge in [-0.15, -0.1) is 0 Å². The smallest absolute Gasteiger partial charge is 0.346 e. The second kappa shape index (κ2) is 8.61. The molecule has 1 aromatic carbocycles. The van der Waals surface area contributed by atoms with Gasteiger partial charge in [0.1, 0.15) is 0 Å². The molecule has 1 heterocycles. The zero-order chi connectivity index (χ0) is 21.2. The van der Waals surface area contributed by atoms with Crippen LogP contribution in [-0.4, -0.2) is 51.0 Å². The Balaban J connectivity index is 2.13. The number of hydrogen-bond acceptors (Lipinski definition) is 6. The molecule has 156 valence electrons. The van der Waals surface area contributed by atoms with Crippen LogP contribution in [0.25, 0.3) is 0 Å². The molecule has 0 radical (unpaired) electrons. The van der Waals surface area contributed by atoms with Crippen molar-refractivity contribution in [3.8, 4) is 0 Å². The molecule has 0 N–H and O–H groups in total. The number of carbonyl (C=O) groups is 2. The SMILES string of the molecule is COC(=O)C(C)OC(=O)C1CCN(S(=O)(=O)c2c(C)c(C)cc(C)c2C)CC1. The normalized spacial score (nSPS) is 17.2. The third kappa shape index (κ3) is 4.38. The van der Waals surface area contributed by atoms with E-state index < -0.39 is 34.0 Å². The van der Waals surface area contributed by atoms with Gasteiger partial charge in [-0.05, 0) is 69.7 Å². The molecule has 0 aromatic heterocycles. The lowest BCUT2D eigenvalue weighted by atomic mass is 9.98. The number of benzene rings is 1. The van der Waals surface area contributed by atoms with Crippen molar-refractivity contribution >= 4 is 22.0 Å². The molecule has 0 saturated carbocycles. The summed E-state index contributed by atoms with van der Waals surface area (Å²) in [5.41, 5.74) is 3.40. The lowest BCUT2D eigenvalue weighted by Crippen LogP contribution is -2.42. The maximum Gasteiger partial charge on any atom is 0.346 e. The molecule has 0 amide bonds. The first kappa shape index (κ1) is 22.4. The van der Waals surface area contributed by atoms with Crippen molar-refractivity contribution in [1.82, 2.24) is 4.31 Å². The minimum absolute atomic E-state index is 0.237. The van der Waals surface area contributed by atoms with Crippen LogP contribution in [0.2, 0.25) is 0 Å². The van der Waals surface area contributed by atoms with Gasteiger partial charge in [0.2, 0.25) is 10.0 Å². The summed E-state index contributed by atoms with van der Waals surface area (Å²) in [5.74, 6) is -1.54. The number of nitrogens with zero attached hydrogens (tertiary/aromatic N) is 1. The van der Waals surface area contributed by atoms with Gasteiger partial charge in [-0.2, -0.15) is 4.31 Å². The van der Waals surface area contributed by atoms with Crippen molar-refractivity contribution in [2.24, 2.45) is 5.92 Å². The summed E-state index contributed by atoms with van der Waals surface area (Å²) < 4.78 is 37.7. The van der Waals surface area contributed by atoms with Crippen molar-refractivity contribution in [3.05, 3.63) is 28.3 Å². The lowest BCUT2D eigenvalue weighted by molar-refractivity contribution is -0.168. The molecule has 1 saturated heterocycles. The molecule has 1 unspecified atom stereocenters.